The third-order valence-corrected chi connectivity index (χ3v) is 8.51. The molecule has 49 heavy (non-hydrogen) atoms. The summed E-state index contributed by atoms with van der Waals surface area (Å²) in [6, 6.07) is 44.6. The van der Waals surface area contributed by atoms with Crippen LogP contribution in [0.5, 0.6) is 0 Å². The number of benzene rings is 3. The molecule has 0 unspecified atom stereocenters. The number of aromatic nitrogens is 6. The molecule has 0 radical (unpaired) electrons. The van der Waals surface area contributed by atoms with E-state index in [1.807, 2.05) is 103 Å². The van der Waals surface area contributed by atoms with Crippen molar-refractivity contribution in [1.82, 2.24) is 29.9 Å². The van der Waals surface area contributed by atoms with Gasteiger partial charge in [-0.25, -0.2) is 19.9 Å². The molecule has 7 heteroatoms. The average molecular weight is 631 g/mol. The highest BCUT2D eigenvalue weighted by Gasteiger charge is 2.19. The Balaban J connectivity index is 1.14. The van der Waals surface area contributed by atoms with Crippen molar-refractivity contribution in [2.45, 2.75) is 0 Å². The minimum atomic E-state index is 0.522. The Bertz CT molecular complexity index is 2510. The normalized spacial score (nSPS) is 11.3. The van der Waals surface area contributed by atoms with Gasteiger partial charge in [-0.2, -0.15) is 0 Å². The minimum Gasteiger partial charge on any atom is -0.434 e. The number of hydrogen-bond acceptors (Lipinski definition) is 7. The Labute approximate surface area is 281 Å². The molecule has 0 N–H and O–H groups in total. The van der Waals surface area contributed by atoms with Gasteiger partial charge in [0, 0.05) is 47.0 Å². The average Bonchev–Trinajstić information content (AvgIpc) is 3.57. The standard InChI is InChI=1S/C42H26N6O/c1-3-10-29(11-4-1)38-40-39(48-41(47-38)30-12-5-2-6-13-30)34-22-33(26-45-42(34)49-40)28-18-16-27(17-19-28)32-23-36(31-14-9-20-43-25-31)46-37(24-32)35-15-7-8-21-44-35/h1-26H. The van der Waals surface area contributed by atoms with E-state index in [0.29, 0.717) is 17.1 Å². The van der Waals surface area contributed by atoms with Crippen LogP contribution in [-0.2, 0) is 0 Å². The summed E-state index contributed by atoms with van der Waals surface area (Å²) in [6.45, 7) is 0. The van der Waals surface area contributed by atoms with Crippen molar-refractivity contribution in [2.24, 2.45) is 0 Å². The van der Waals surface area contributed by atoms with Gasteiger partial charge < -0.3 is 4.42 Å². The van der Waals surface area contributed by atoms with Crippen LogP contribution in [0.2, 0.25) is 0 Å². The smallest absolute Gasteiger partial charge is 0.229 e. The molecule has 0 fully saturated rings. The van der Waals surface area contributed by atoms with Crippen molar-refractivity contribution < 1.29 is 4.42 Å². The maximum Gasteiger partial charge on any atom is 0.229 e. The first-order valence-corrected chi connectivity index (χ1v) is 15.9. The Morgan fingerprint density at radius 2 is 1.14 bits per heavy atom. The lowest BCUT2D eigenvalue weighted by atomic mass is 9.99. The predicted octanol–water partition coefficient (Wildman–Crippen LogP) is 9.96. The van der Waals surface area contributed by atoms with Crippen LogP contribution in [0.3, 0.4) is 0 Å². The van der Waals surface area contributed by atoms with Crippen LogP contribution in [0.1, 0.15) is 0 Å². The molecule has 230 valence electrons. The van der Waals surface area contributed by atoms with Gasteiger partial charge >= 0.3 is 0 Å². The second-order valence-electron chi connectivity index (χ2n) is 11.6. The molecule has 6 heterocycles. The van der Waals surface area contributed by atoms with Crippen molar-refractivity contribution in [2.75, 3.05) is 0 Å². The van der Waals surface area contributed by atoms with E-state index in [2.05, 4.69) is 52.4 Å². The van der Waals surface area contributed by atoms with Crippen molar-refractivity contribution in [3.8, 4) is 67.5 Å². The third kappa shape index (κ3) is 5.39. The van der Waals surface area contributed by atoms with Gasteiger partial charge in [0.25, 0.3) is 0 Å². The summed E-state index contributed by atoms with van der Waals surface area (Å²) in [5.74, 6) is 0.637. The van der Waals surface area contributed by atoms with E-state index >= 15 is 0 Å². The van der Waals surface area contributed by atoms with Crippen LogP contribution in [0, 0.1) is 0 Å². The first kappa shape index (κ1) is 28.4. The van der Waals surface area contributed by atoms with E-state index in [-0.39, 0.29) is 0 Å². The summed E-state index contributed by atoms with van der Waals surface area (Å²) >= 11 is 0. The Hall–Kier alpha value is -6.86. The highest BCUT2D eigenvalue weighted by atomic mass is 16.3. The van der Waals surface area contributed by atoms with E-state index in [1.165, 1.54) is 0 Å². The summed E-state index contributed by atoms with van der Waals surface area (Å²) in [6.07, 6.45) is 7.23. The lowest BCUT2D eigenvalue weighted by Gasteiger charge is -2.10. The van der Waals surface area contributed by atoms with Gasteiger partial charge in [-0.1, -0.05) is 91.0 Å². The third-order valence-electron chi connectivity index (χ3n) is 8.51. The molecule has 9 rings (SSSR count). The molecular weight excluding hydrogens is 605 g/mol. The summed E-state index contributed by atoms with van der Waals surface area (Å²) < 4.78 is 6.34. The lowest BCUT2D eigenvalue weighted by Crippen LogP contribution is -1.93. The van der Waals surface area contributed by atoms with E-state index in [9.17, 15) is 0 Å². The van der Waals surface area contributed by atoms with E-state index in [0.717, 1.165) is 72.6 Å². The van der Waals surface area contributed by atoms with Gasteiger partial charge in [-0.3, -0.25) is 9.97 Å². The molecule has 0 atom stereocenters. The fraction of sp³-hybridized carbons (Fsp3) is 0. The van der Waals surface area contributed by atoms with Gasteiger partial charge in [0.15, 0.2) is 11.4 Å². The zero-order valence-corrected chi connectivity index (χ0v) is 26.1. The quantitative estimate of drug-likeness (QED) is 0.181. The summed E-state index contributed by atoms with van der Waals surface area (Å²) in [7, 11) is 0. The molecule has 9 aromatic rings. The second-order valence-corrected chi connectivity index (χ2v) is 11.6. The van der Waals surface area contributed by atoms with Crippen molar-refractivity contribution in [3.63, 3.8) is 0 Å². The topological polar surface area (TPSA) is 90.5 Å². The van der Waals surface area contributed by atoms with Crippen LogP contribution in [-0.4, -0.2) is 29.9 Å². The zero-order valence-electron chi connectivity index (χ0n) is 26.1. The van der Waals surface area contributed by atoms with Gasteiger partial charge in [-0.15, -0.1) is 0 Å². The summed E-state index contributed by atoms with van der Waals surface area (Å²) in [5, 5.41) is 0.837. The molecule has 0 aliphatic heterocycles. The molecule has 0 bridgehead atoms. The number of furan rings is 1. The molecular formula is C42H26N6O. The Morgan fingerprint density at radius 1 is 0.429 bits per heavy atom. The maximum atomic E-state index is 6.34. The molecule has 0 amide bonds. The van der Waals surface area contributed by atoms with Gasteiger partial charge in [0.05, 0.1) is 22.5 Å². The lowest BCUT2D eigenvalue weighted by molar-refractivity contribution is 0.653. The Kier molecular flexibility index (Phi) is 6.98. The molecule has 0 aliphatic carbocycles. The molecule has 6 aromatic heterocycles. The van der Waals surface area contributed by atoms with Crippen LogP contribution >= 0.6 is 0 Å². The molecule has 0 aliphatic rings. The van der Waals surface area contributed by atoms with Crippen molar-refractivity contribution >= 4 is 22.2 Å². The maximum absolute atomic E-state index is 6.34. The van der Waals surface area contributed by atoms with Gasteiger partial charge in [0.2, 0.25) is 5.71 Å². The fourth-order valence-corrected chi connectivity index (χ4v) is 6.06. The van der Waals surface area contributed by atoms with Crippen molar-refractivity contribution in [3.05, 3.63) is 158 Å². The number of fused-ring (bicyclic) bond motifs is 3. The van der Waals surface area contributed by atoms with Crippen LogP contribution in [0.4, 0.5) is 0 Å². The number of hydrogen-bond donors (Lipinski definition) is 0. The summed E-state index contributed by atoms with van der Waals surface area (Å²) in [4.78, 5) is 28.5. The molecule has 0 saturated heterocycles. The first-order valence-electron chi connectivity index (χ1n) is 15.9. The van der Waals surface area contributed by atoms with E-state index in [4.69, 9.17) is 24.4 Å². The van der Waals surface area contributed by atoms with Crippen LogP contribution < -0.4 is 0 Å². The number of rotatable bonds is 6. The molecule has 0 saturated carbocycles. The SMILES string of the molecule is c1ccc(-c2nc(-c3ccccc3)c3oc4ncc(-c5ccc(-c6cc(-c7cccnc7)nc(-c7ccccn7)c6)cc5)cc4c3n2)cc1. The van der Waals surface area contributed by atoms with Gasteiger partial charge in [0.1, 0.15) is 11.2 Å². The monoisotopic (exact) mass is 630 g/mol. The van der Waals surface area contributed by atoms with Crippen molar-refractivity contribution in [1.29, 1.82) is 0 Å². The molecule has 0 spiro atoms. The fourth-order valence-electron chi connectivity index (χ4n) is 6.06. The summed E-state index contributed by atoms with van der Waals surface area (Å²) in [5.41, 5.74) is 12.0. The zero-order chi connectivity index (χ0) is 32.6. The van der Waals surface area contributed by atoms with E-state index < -0.39 is 0 Å². The molecule has 3 aromatic carbocycles. The second kappa shape index (κ2) is 12.1. The molecule has 7 nitrogen and oxygen atoms in total. The first-order chi connectivity index (χ1) is 24.3. The van der Waals surface area contributed by atoms with Gasteiger partial charge in [-0.05, 0) is 59.2 Å². The van der Waals surface area contributed by atoms with Crippen LogP contribution in [0.15, 0.2) is 163 Å². The Morgan fingerprint density at radius 3 is 1.88 bits per heavy atom. The van der Waals surface area contributed by atoms with E-state index in [1.54, 1.807) is 12.4 Å². The number of nitrogens with zero attached hydrogens (tertiary/aromatic N) is 6. The minimum absolute atomic E-state index is 0.522. The highest BCUT2D eigenvalue weighted by molar-refractivity contribution is 6.07. The number of pyridine rings is 4. The largest absolute Gasteiger partial charge is 0.434 e. The highest BCUT2D eigenvalue weighted by Crippen LogP contribution is 2.37. The predicted molar refractivity (Wildman–Crippen MR) is 193 cm³/mol. The van der Waals surface area contributed by atoms with Crippen LogP contribution in [0.25, 0.3) is 89.7 Å².